The number of anilines is 2. The van der Waals surface area contributed by atoms with Gasteiger partial charge in [0.05, 0.1) is 0 Å². The molecule has 0 unspecified atom stereocenters. The van der Waals surface area contributed by atoms with Crippen molar-refractivity contribution in [3.63, 3.8) is 0 Å². The van der Waals surface area contributed by atoms with Gasteiger partial charge in [-0.2, -0.15) is 10.4 Å². The Morgan fingerprint density at radius 2 is 1.78 bits per heavy atom. The third-order valence-corrected chi connectivity index (χ3v) is 4.11. The summed E-state index contributed by atoms with van der Waals surface area (Å²) < 4.78 is 0. The summed E-state index contributed by atoms with van der Waals surface area (Å²) >= 11 is 0. The number of aromatic amines is 1. The van der Waals surface area contributed by atoms with Gasteiger partial charge in [0.2, 0.25) is 0 Å². The smallest absolute Gasteiger partial charge is 0.193 e. The summed E-state index contributed by atoms with van der Waals surface area (Å²) in [6, 6.07) is 16.8. The molecule has 0 atom stereocenters. The van der Waals surface area contributed by atoms with Crippen LogP contribution in [0.3, 0.4) is 0 Å². The standard InChI is InChI=1S/C21H21N5O/c1-21(2,3)15-6-8-16(9-7-15)24-20-18(12-22)19(25-26-20)23-13-14-4-10-17(27)11-5-14/h4-11,13,27H,1-3H3,(H2,24,25,26). The Kier molecular flexibility index (Phi) is 4.95. The van der Waals surface area contributed by atoms with Crippen LogP contribution in [0.15, 0.2) is 53.5 Å². The summed E-state index contributed by atoms with van der Waals surface area (Å²) in [5.41, 5.74) is 3.31. The molecular formula is C21H21N5O. The summed E-state index contributed by atoms with van der Waals surface area (Å²) in [5, 5.41) is 28.9. The summed E-state index contributed by atoms with van der Waals surface area (Å²) in [4.78, 5) is 4.27. The number of nitriles is 1. The van der Waals surface area contributed by atoms with Crippen molar-refractivity contribution in [3.8, 4) is 11.8 Å². The first-order valence-electron chi connectivity index (χ1n) is 8.56. The minimum Gasteiger partial charge on any atom is -0.508 e. The average Bonchev–Trinajstić information content (AvgIpc) is 3.02. The minimum absolute atomic E-state index is 0.0838. The van der Waals surface area contributed by atoms with E-state index in [-0.39, 0.29) is 11.2 Å². The predicted octanol–water partition coefficient (Wildman–Crippen LogP) is 4.78. The van der Waals surface area contributed by atoms with Crippen molar-refractivity contribution in [2.75, 3.05) is 5.32 Å². The van der Waals surface area contributed by atoms with Crippen LogP contribution >= 0.6 is 0 Å². The molecule has 0 aliphatic carbocycles. The summed E-state index contributed by atoms with van der Waals surface area (Å²) in [6.45, 7) is 6.49. The Morgan fingerprint density at radius 3 is 2.37 bits per heavy atom. The van der Waals surface area contributed by atoms with Crippen molar-refractivity contribution < 1.29 is 5.11 Å². The van der Waals surface area contributed by atoms with Gasteiger partial charge >= 0.3 is 0 Å². The maximum Gasteiger partial charge on any atom is 0.193 e. The molecule has 1 aromatic heterocycles. The Bertz CT molecular complexity index is 987. The number of rotatable bonds is 4. The van der Waals surface area contributed by atoms with Crippen molar-refractivity contribution in [3.05, 3.63) is 65.2 Å². The van der Waals surface area contributed by atoms with Crippen LogP contribution in [-0.2, 0) is 5.41 Å². The Labute approximate surface area is 158 Å². The Balaban J connectivity index is 1.80. The number of hydrogen-bond donors (Lipinski definition) is 3. The molecule has 0 saturated heterocycles. The third-order valence-electron chi connectivity index (χ3n) is 4.11. The van der Waals surface area contributed by atoms with E-state index < -0.39 is 0 Å². The second-order valence-corrected chi connectivity index (χ2v) is 7.21. The Hall–Kier alpha value is -3.59. The molecule has 0 radical (unpaired) electrons. The molecule has 27 heavy (non-hydrogen) atoms. The van der Waals surface area contributed by atoms with Crippen molar-refractivity contribution in [1.82, 2.24) is 10.2 Å². The maximum absolute atomic E-state index is 9.49. The van der Waals surface area contributed by atoms with E-state index in [4.69, 9.17) is 0 Å². The monoisotopic (exact) mass is 359 g/mol. The normalized spacial score (nSPS) is 11.5. The SMILES string of the molecule is CC(C)(C)c1ccc(Nc2[nH]nc(N=Cc3ccc(O)cc3)c2C#N)cc1. The molecule has 6 nitrogen and oxygen atoms in total. The molecule has 0 fully saturated rings. The van der Waals surface area contributed by atoms with Gasteiger partial charge in [0, 0.05) is 11.9 Å². The number of aromatic nitrogens is 2. The zero-order chi connectivity index (χ0) is 19.4. The van der Waals surface area contributed by atoms with Gasteiger partial charge < -0.3 is 10.4 Å². The number of H-pyrrole nitrogens is 1. The molecule has 0 amide bonds. The second-order valence-electron chi connectivity index (χ2n) is 7.21. The van der Waals surface area contributed by atoms with Crippen LogP contribution in [0.1, 0.15) is 37.5 Å². The van der Waals surface area contributed by atoms with Gasteiger partial charge in [-0.05, 0) is 52.9 Å². The number of phenolic OH excluding ortho intramolecular Hbond substituents is 1. The van der Waals surface area contributed by atoms with E-state index in [0.717, 1.165) is 11.3 Å². The highest BCUT2D eigenvalue weighted by Gasteiger charge is 2.15. The van der Waals surface area contributed by atoms with Gasteiger partial charge in [0.15, 0.2) is 5.82 Å². The fourth-order valence-corrected chi connectivity index (χ4v) is 2.52. The quantitative estimate of drug-likeness (QED) is 0.584. The van der Waals surface area contributed by atoms with Crippen LogP contribution in [0, 0.1) is 11.3 Å². The summed E-state index contributed by atoms with van der Waals surface area (Å²) in [7, 11) is 0. The lowest BCUT2D eigenvalue weighted by Gasteiger charge is -2.19. The van der Waals surface area contributed by atoms with Gasteiger partial charge in [-0.25, -0.2) is 4.99 Å². The average molecular weight is 359 g/mol. The fourth-order valence-electron chi connectivity index (χ4n) is 2.52. The topological polar surface area (TPSA) is 97.1 Å². The molecule has 0 spiro atoms. The number of hydrogen-bond acceptors (Lipinski definition) is 5. The van der Waals surface area contributed by atoms with Crippen molar-refractivity contribution >= 4 is 23.5 Å². The highest BCUT2D eigenvalue weighted by molar-refractivity contribution is 5.83. The van der Waals surface area contributed by atoms with Crippen molar-refractivity contribution in [2.45, 2.75) is 26.2 Å². The Morgan fingerprint density at radius 1 is 1.11 bits per heavy atom. The van der Waals surface area contributed by atoms with E-state index >= 15 is 0 Å². The summed E-state index contributed by atoms with van der Waals surface area (Å²) in [5.74, 6) is 0.992. The first-order valence-corrected chi connectivity index (χ1v) is 8.56. The number of nitrogens with zero attached hydrogens (tertiary/aromatic N) is 3. The number of aliphatic imine (C=N–C) groups is 1. The molecule has 0 saturated carbocycles. The minimum atomic E-state index is 0.0838. The van der Waals surface area contributed by atoms with Crippen LogP contribution < -0.4 is 5.32 Å². The zero-order valence-electron chi connectivity index (χ0n) is 15.5. The third kappa shape index (κ3) is 4.33. The van der Waals surface area contributed by atoms with Crippen LogP contribution in [0.25, 0.3) is 0 Å². The number of phenols is 1. The van der Waals surface area contributed by atoms with Gasteiger partial charge in [0.1, 0.15) is 23.2 Å². The maximum atomic E-state index is 9.49. The number of nitrogens with one attached hydrogen (secondary N) is 2. The zero-order valence-corrected chi connectivity index (χ0v) is 15.5. The molecule has 0 bridgehead atoms. The van der Waals surface area contributed by atoms with Gasteiger partial charge in [-0.3, -0.25) is 5.10 Å². The molecule has 0 aliphatic rings. The first kappa shape index (κ1) is 18.2. The largest absolute Gasteiger partial charge is 0.508 e. The molecule has 136 valence electrons. The van der Waals surface area contributed by atoms with E-state index in [0.29, 0.717) is 17.2 Å². The van der Waals surface area contributed by atoms with Crippen LogP contribution in [-0.4, -0.2) is 21.5 Å². The molecule has 1 heterocycles. The first-order chi connectivity index (χ1) is 12.9. The lowest BCUT2D eigenvalue weighted by atomic mass is 9.87. The van der Waals surface area contributed by atoms with Gasteiger partial charge in [0.25, 0.3) is 0 Å². The number of benzene rings is 2. The number of aromatic hydroxyl groups is 1. The van der Waals surface area contributed by atoms with E-state index in [2.05, 4.69) is 59.5 Å². The van der Waals surface area contributed by atoms with Gasteiger partial charge in [-0.1, -0.05) is 32.9 Å². The molecule has 0 aliphatic heterocycles. The molecular weight excluding hydrogens is 338 g/mol. The molecule has 3 N–H and O–H groups in total. The lowest BCUT2D eigenvalue weighted by molar-refractivity contribution is 0.475. The molecule has 2 aromatic carbocycles. The van der Waals surface area contributed by atoms with Crippen LogP contribution in [0.4, 0.5) is 17.3 Å². The molecule has 6 heteroatoms. The lowest BCUT2D eigenvalue weighted by Crippen LogP contribution is -2.10. The molecule has 3 aromatic rings. The van der Waals surface area contributed by atoms with Crippen LogP contribution in [0.5, 0.6) is 5.75 Å². The summed E-state index contributed by atoms with van der Waals surface area (Å²) in [6.07, 6.45) is 1.60. The molecule has 3 rings (SSSR count). The van der Waals surface area contributed by atoms with E-state index in [1.54, 1.807) is 30.5 Å². The van der Waals surface area contributed by atoms with Crippen LogP contribution in [0.2, 0.25) is 0 Å². The second kappa shape index (κ2) is 7.34. The van der Waals surface area contributed by atoms with E-state index in [9.17, 15) is 10.4 Å². The fraction of sp³-hybridized carbons (Fsp3) is 0.190. The van der Waals surface area contributed by atoms with E-state index in [1.807, 2.05) is 12.1 Å². The van der Waals surface area contributed by atoms with E-state index in [1.165, 1.54) is 5.56 Å². The highest BCUT2D eigenvalue weighted by atomic mass is 16.3. The predicted molar refractivity (Wildman–Crippen MR) is 107 cm³/mol. The highest BCUT2D eigenvalue weighted by Crippen LogP contribution is 2.28. The van der Waals surface area contributed by atoms with Gasteiger partial charge in [-0.15, -0.1) is 0 Å². The van der Waals surface area contributed by atoms with Crippen molar-refractivity contribution in [1.29, 1.82) is 5.26 Å². The van der Waals surface area contributed by atoms with Crippen molar-refractivity contribution in [2.24, 2.45) is 4.99 Å².